The molecule has 5 nitrogen and oxygen atoms in total. The van der Waals surface area contributed by atoms with Gasteiger partial charge in [0.1, 0.15) is 0 Å². The van der Waals surface area contributed by atoms with E-state index in [4.69, 9.17) is 0 Å². The third kappa shape index (κ3) is 3.83. The number of hydrogen-bond donors (Lipinski definition) is 1. The number of anilines is 1. The lowest BCUT2D eigenvalue weighted by atomic mass is 10.1. The van der Waals surface area contributed by atoms with Gasteiger partial charge in [-0.05, 0) is 5.56 Å². The molecule has 1 aliphatic heterocycles. The summed E-state index contributed by atoms with van der Waals surface area (Å²) in [5, 5.41) is 14.9. The molecule has 4 rings (SSSR count). The van der Waals surface area contributed by atoms with Crippen LogP contribution in [0.15, 0.2) is 65.9 Å². The van der Waals surface area contributed by atoms with Gasteiger partial charge in [0.2, 0.25) is 0 Å². The second kappa shape index (κ2) is 7.40. The van der Waals surface area contributed by atoms with Crippen LogP contribution in [0.1, 0.15) is 18.4 Å². The number of piperidine rings is 1. The number of fused-ring (bicyclic) bond motifs is 1. The van der Waals surface area contributed by atoms with E-state index in [2.05, 4.69) is 56.0 Å². The molecule has 2 aromatic carbocycles. The molecule has 0 radical (unpaired) electrons. The van der Waals surface area contributed by atoms with Gasteiger partial charge in [0.15, 0.2) is 5.82 Å². The summed E-state index contributed by atoms with van der Waals surface area (Å²) in [5.41, 5.74) is 5.68. The summed E-state index contributed by atoms with van der Waals surface area (Å²) >= 11 is 0. The first-order valence-electron chi connectivity index (χ1n) is 8.67. The van der Waals surface area contributed by atoms with Crippen LogP contribution >= 0.6 is 0 Å². The number of hydrogen-bond acceptors (Lipinski definition) is 5. The van der Waals surface area contributed by atoms with Crippen LogP contribution in [0.2, 0.25) is 0 Å². The van der Waals surface area contributed by atoms with Crippen molar-refractivity contribution in [1.29, 1.82) is 0 Å². The maximum atomic E-state index is 4.58. The highest BCUT2D eigenvalue weighted by Gasteiger charge is 2.15. The lowest BCUT2D eigenvalue weighted by molar-refractivity contribution is 0.266. The number of benzene rings is 2. The zero-order chi connectivity index (χ0) is 16.9. The Hall–Kier alpha value is -2.79. The molecule has 1 N–H and O–H groups in total. The SMILES string of the molecule is c1ccc(CN2CCC(=NNc3nncc4ccccc34)CC2)cc1. The van der Waals surface area contributed by atoms with Gasteiger partial charge in [-0.1, -0.05) is 54.6 Å². The summed E-state index contributed by atoms with van der Waals surface area (Å²) in [7, 11) is 0. The van der Waals surface area contributed by atoms with Crippen LogP contribution in [0.5, 0.6) is 0 Å². The van der Waals surface area contributed by atoms with E-state index in [0.717, 1.165) is 49.1 Å². The summed E-state index contributed by atoms with van der Waals surface area (Å²) in [6.45, 7) is 3.09. The van der Waals surface area contributed by atoms with E-state index in [0.29, 0.717) is 0 Å². The van der Waals surface area contributed by atoms with Gasteiger partial charge in [0.05, 0.1) is 6.20 Å². The van der Waals surface area contributed by atoms with Gasteiger partial charge >= 0.3 is 0 Å². The smallest absolute Gasteiger partial charge is 0.176 e. The fraction of sp³-hybridized carbons (Fsp3) is 0.250. The van der Waals surface area contributed by atoms with E-state index >= 15 is 0 Å². The number of nitrogens with zero attached hydrogens (tertiary/aromatic N) is 4. The molecule has 3 aromatic rings. The normalized spacial score (nSPS) is 15.3. The van der Waals surface area contributed by atoms with Crippen molar-refractivity contribution < 1.29 is 0 Å². The lowest BCUT2D eigenvalue weighted by Crippen LogP contribution is -2.33. The molecule has 0 bridgehead atoms. The molecule has 5 heteroatoms. The molecule has 0 unspecified atom stereocenters. The van der Waals surface area contributed by atoms with Crippen LogP contribution in [0.4, 0.5) is 5.82 Å². The van der Waals surface area contributed by atoms with Gasteiger partial charge in [-0.3, -0.25) is 10.3 Å². The Balaban J connectivity index is 1.37. The first-order chi connectivity index (χ1) is 12.4. The summed E-state index contributed by atoms with van der Waals surface area (Å²) < 4.78 is 0. The second-order valence-corrected chi connectivity index (χ2v) is 6.33. The number of likely N-dealkylation sites (tertiary alicyclic amines) is 1. The van der Waals surface area contributed by atoms with E-state index in [9.17, 15) is 0 Å². The van der Waals surface area contributed by atoms with Crippen molar-refractivity contribution >= 4 is 22.3 Å². The zero-order valence-electron chi connectivity index (χ0n) is 14.1. The fourth-order valence-corrected chi connectivity index (χ4v) is 3.17. The molecule has 126 valence electrons. The highest BCUT2D eigenvalue weighted by molar-refractivity contribution is 5.92. The minimum absolute atomic E-state index is 0.720. The van der Waals surface area contributed by atoms with E-state index in [1.165, 1.54) is 11.3 Å². The Bertz CT molecular complexity index is 860. The lowest BCUT2D eigenvalue weighted by Gasteiger charge is -2.27. The molecular weight excluding hydrogens is 310 g/mol. The predicted octanol–water partition coefficient (Wildman–Crippen LogP) is 3.69. The van der Waals surface area contributed by atoms with Gasteiger partial charge in [-0.15, -0.1) is 5.10 Å². The quantitative estimate of drug-likeness (QED) is 0.741. The van der Waals surface area contributed by atoms with Gasteiger partial charge in [-0.25, -0.2) is 0 Å². The molecule has 25 heavy (non-hydrogen) atoms. The first-order valence-corrected chi connectivity index (χ1v) is 8.67. The molecule has 2 heterocycles. The maximum absolute atomic E-state index is 4.58. The molecule has 0 aliphatic carbocycles. The number of rotatable bonds is 4. The molecule has 1 fully saturated rings. The molecule has 0 atom stereocenters. The third-order valence-corrected chi connectivity index (χ3v) is 4.57. The molecule has 0 spiro atoms. The molecule has 0 saturated carbocycles. The molecular formula is C20H21N5. The number of nitrogens with one attached hydrogen (secondary N) is 1. The molecule has 1 aliphatic rings. The number of aromatic nitrogens is 2. The van der Waals surface area contributed by atoms with E-state index in [1.807, 2.05) is 24.3 Å². The van der Waals surface area contributed by atoms with Crippen molar-refractivity contribution in [2.75, 3.05) is 18.5 Å². The number of hydrazone groups is 1. The van der Waals surface area contributed by atoms with Crippen LogP contribution < -0.4 is 5.43 Å². The minimum Gasteiger partial charge on any atom is -0.298 e. The van der Waals surface area contributed by atoms with Crippen LogP contribution in [0, 0.1) is 0 Å². The van der Waals surface area contributed by atoms with Gasteiger partial charge in [0.25, 0.3) is 0 Å². The Kier molecular flexibility index (Phi) is 4.65. The molecule has 1 aromatic heterocycles. The van der Waals surface area contributed by atoms with Gasteiger partial charge < -0.3 is 0 Å². The second-order valence-electron chi connectivity index (χ2n) is 6.33. The van der Waals surface area contributed by atoms with Crippen molar-refractivity contribution in [1.82, 2.24) is 15.1 Å². The zero-order valence-corrected chi connectivity index (χ0v) is 14.1. The van der Waals surface area contributed by atoms with Crippen LogP contribution in [0.3, 0.4) is 0 Å². The van der Waals surface area contributed by atoms with E-state index < -0.39 is 0 Å². The Labute approximate surface area is 147 Å². The summed E-state index contributed by atoms with van der Waals surface area (Å²) in [4.78, 5) is 2.48. The Morgan fingerprint density at radius 1 is 0.960 bits per heavy atom. The third-order valence-electron chi connectivity index (χ3n) is 4.57. The Morgan fingerprint density at radius 2 is 1.72 bits per heavy atom. The van der Waals surface area contributed by atoms with E-state index in [1.54, 1.807) is 6.20 Å². The van der Waals surface area contributed by atoms with Crippen molar-refractivity contribution in [3.63, 3.8) is 0 Å². The van der Waals surface area contributed by atoms with Crippen molar-refractivity contribution in [3.05, 3.63) is 66.4 Å². The van der Waals surface area contributed by atoms with Crippen LogP contribution in [-0.4, -0.2) is 33.9 Å². The van der Waals surface area contributed by atoms with Crippen LogP contribution in [-0.2, 0) is 6.54 Å². The van der Waals surface area contributed by atoms with Crippen LogP contribution in [0.25, 0.3) is 10.8 Å². The van der Waals surface area contributed by atoms with Crippen molar-refractivity contribution in [2.24, 2.45) is 5.10 Å². The minimum atomic E-state index is 0.720. The average molecular weight is 331 g/mol. The fourth-order valence-electron chi connectivity index (χ4n) is 3.17. The Morgan fingerprint density at radius 3 is 2.56 bits per heavy atom. The highest BCUT2D eigenvalue weighted by Crippen LogP contribution is 2.19. The van der Waals surface area contributed by atoms with E-state index in [-0.39, 0.29) is 0 Å². The van der Waals surface area contributed by atoms with Crippen molar-refractivity contribution in [2.45, 2.75) is 19.4 Å². The summed E-state index contributed by atoms with van der Waals surface area (Å²) in [6.07, 6.45) is 3.74. The highest BCUT2D eigenvalue weighted by atomic mass is 15.3. The standard InChI is InChI=1S/C20H21N5/c1-2-6-16(7-3-1)15-25-12-10-18(11-13-25)22-24-20-19-9-5-4-8-17(19)14-21-23-20/h1-9,14H,10-13,15H2,(H,23,24). The summed E-state index contributed by atoms with van der Waals surface area (Å²) in [6, 6.07) is 18.7. The maximum Gasteiger partial charge on any atom is 0.176 e. The van der Waals surface area contributed by atoms with Crippen molar-refractivity contribution in [3.8, 4) is 0 Å². The molecule has 1 saturated heterocycles. The van der Waals surface area contributed by atoms with Gasteiger partial charge in [0, 0.05) is 49.0 Å². The molecule has 0 amide bonds. The summed E-state index contributed by atoms with van der Waals surface area (Å²) in [5.74, 6) is 0.720. The largest absolute Gasteiger partial charge is 0.298 e. The monoisotopic (exact) mass is 331 g/mol. The first kappa shape index (κ1) is 15.7. The van der Waals surface area contributed by atoms with Gasteiger partial charge in [-0.2, -0.15) is 10.2 Å². The predicted molar refractivity (Wildman–Crippen MR) is 102 cm³/mol. The average Bonchev–Trinajstić information content (AvgIpc) is 2.68. The topological polar surface area (TPSA) is 53.4 Å².